The summed E-state index contributed by atoms with van der Waals surface area (Å²) >= 11 is 0. The molecule has 0 saturated carbocycles. The Labute approximate surface area is 85.0 Å². The lowest BCUT2D eigenvalue weighted by Gasteiger charge is -2.15. The van der Waals surface area contributed by atoms with Gasteiger partial charge < -0.3 is 10.8 Å². The zero-order valence-electron chi connectivity index (χ0n) is 8.94. The monoisotopic (exact) mass is 194 g/mol. The van der Waals surface area contributed by atoms with Gasteiger partial charge >= 0.3 is 0 Å². The second-order valence-corrected chi connectivity index (χ2v) is 3.98. The number of hydrogen-bond acceptors (Lipinski definition) is 3. The molecule has 0 aromatic carbocycles. The summed E-state index contributed by atoms with van der Waals surface area (Å²) in [5, 5.41) is 9.66. The van der Waals surface area contributed by atoms with Gasteiger partial charge in [0.25, 0.3) is 0 Å². The number of aromatic nitrogens is 1. The molecule has 1 aromatic heterocycles. The number of nitrogens with two attached hydrogens (primary N) is 1. The summed E-state index contributed by atoms with van der Waals surface area (Å²) in [6, 6.07) is 3.56. The number of rotatable bonds is 3. The molecule has 2 atom stereocenters. The summed E-state index contributed by atoms with van der Waals surface area (Å²) in [5.41, 5.74) is 7.40. The number of aliphatic hydroxyl groups excluding tert-OH is 1. The lowest BCUT2D eigenvalue weighted by Crippen LogP contribution is -2.24. The summed E-state index contributed by atoms with van der Waals surface area (Å²) in [5.74, 6) is 0.413. The van der Waals surface area contributed by atoms with E-state index in [4.69, 9.17) is 5.73 Å². The Balaban J connectivity index is 2.83. The summed E-state index contributed by atoms with van der Waals surface area (Å²) < 4.78 is 0. The van der Waals surface area contributed by atoms with E-state index < -0.39 is 6.10 Å². The lowest BCUT2D eigenvalue weighted by atomic mass is 10.0. The van der Waals surface area contributed by atoms with Crippen LogP contribution in [0.3, 0.4) is 0 Å². The Morgan fingerprint density at radius 2 is 1.93 bits per heavy atom. The molecule has 0 radical (unpaired) electrons. The molecule has 3 heteroatoms. The van der Waals surface area contributed by atoms with Crippen LogP contribution in [0.15, 0.2) is 18.3 Å². The molecule has 1 aromatic rings. The van der Waals surface area contributed by atoms with Crippen LogP contribution in [-0.4, -0.2) is 16.1 Å². The van der Waals surface area contributed by atoms with Crippen LogP contribution < -0.4 is 5.73 Å². The third-order valence-electron chi connectivity index (χ3n) is 2.24. The van der Waals surface area contributed by atoms with Crippen LogP contribution in [0.5, 0.6) is 0 Å². The third kappa shape index (κ3) is 2.53. The van der Waals surface area contributed by atoms with Gasteiger partial charge in [-0.25, -0.2) is 0 Å². The maximum absolute atomic E-state index is 9.66. The standard InChI is InChI=1S/C11H18N2O/c1-7(2)10-5-4-9(6-13-10)11(14)8(3)12/h4-8,11,14H,12H2,1-3H3. The average molecular weight is 194 g/mol. The summed E-state index contributed by atoms with van der Waals surface area (Å²) in [4.78, 5) is 4.27. The molecule has 2 unspecified atom stereocenters. The van der Waals surface area contributed by atoms with Gasteiger partial charge in [0.15, 0.2) is 0 Å². The molecule has 78 valence electrons. The van der Waals surface area contributed by atoms with E-state index in [0.29, 0.717) is 5.92 Å². The summed E-state index contributed by atoms with van der Waals surface area (Å²) in [6.07, 6.45) is 1.08. The Morgan fingerprint density at radius 1 is 1.29 bits per heavy atom. The van der Waals surface area contributed by atoms with Gasteiger partial charge in [0.05, 0.1) is 6.10 Å². The molecule has 14 heavy (non-hydrogen) atoms. The number of hydrogen-bond donors (Lipinski definition) is 2. The fourth-order valence-electron chi connectivity index (χ4n) is 1.24. The van der Waals surface area contributed by atoms with E-state index in [9.17, 15) is 5.11 Å². The van der Waals surface area contributed by atoms with E-state index in [-0.39, 0.29) is 6.04 Å². The van der Waals surface area contributed by atoms with Crippen molar-refractivity contribution in [2.75, 3.05) is 0 Å². The second kappa shape index (κ2) is 4.53. The van der Waals surface area contributed by atoms with Crippen molar-refractivity contribution < 1.29 is 5.11 Å². The summed E-state index contributed by atoms with van der Waals surface area (Å²) in [7, 11) is 0. The van der Waals surface area contributed by atoms with Crippen LogP contribution in [-0.2, 0) is 0 Å². The van der Waals surface area contributed by atoms with E-state index in [2.05, 4.69) is 18.8 Å². The Bertz CT molecular complexity index is 280. The zero-order valence-corrected chi connectivity index (χ0v) is 8.94. The van der Waals surface area contributed by atoms with Crippen molar-refractivity contribution >= 4 is 0 Å². The molecule has 0 aliphatic heterocycles. The minimum atomic E-state index is -0.622. The highest BCUT2D eigenvalue weighted by Crippen LogP contribution is 2.17. The van der Waals surface area contributed by atoms with Crippen molar-refractivity contribution in [2.24, 2.45) is 5.73 Å². The van der Waals surface area contributed by atoms with Crippen molar-refractivity contribution in [2.45, 2.75) is 38.8 Å². The van der Waals surface area contributed by atoms with E-state index in [1.54, 1.807) is 13.1 Å². The van der Waals surface area contributed by atoms with Gasteiger partial charge in [0.1, 0.15) is 0 Å². The molecule has 0 aliphatic rings. The molecule has 0 bridgehead atoms. The molecule has 0 saturated heterocycles. The first kappa shape index (κ1) is 11.1. The van der Waals surface area contributed by atoms with Crippen molar-refractivity contribution in [3.63, 3.8) is 0 Å². The average Bonchev–Trinajstić information content (AvgIpc) is 2.16. The normalized spacial score (nSPS) is 15.6. The Morgan fingerprint density at radius 3 is 2.29 bits per heavy atom. The van der Waals surface area contributed by atoms with Gasteiger partial charge in [-0.15, -0.1) is 0 Å². The Kier molecular flexibility index (Phi) is 3.61. The highest BCUT2D eigenvalue weighted by molar-refractivity contribution is 5.19. The fraction of sp³-hybridized carbons (Fsp3) is 0.545. The quantitative estimate of drug-likeness (QED) is 0.768. The van der Waals surface area contributed by atoms with Crippen molar-refractivity contribution in [1.29, 1.82) is 0 Å². The molecule has 0 aliphatic carbocycles. The second-order valence-electron chi connectivity index (χ2n) is 3.98. The molecule has 0 fully saturated rings. The number of nitrogens with zero attached hydrogens (tertiary/aromatic N) is 1. The van der Waals surface area contributed by atoms with Crippen LogP contribution in [0.4, 0.5) is 0 Å². The van der Waals surface area contributed by atoms with E-state index >= 15 is 0 Å². The van der Waals surface area contributed by atoms with E-state index in [0.717, 1.165) is 11.3 Å². The Hall–Kier alpha value is -0.930. The third-order valence-corrected chi connectivity index (χ3v) is 2.24. The zero-order chi connectivity index (χ0) is 10.7. The number of pyridine rings is 1. The van der Waals surface area contributed by atoms with Crippen molar-refractivity contribution in [3.8, 4) is 0 Å². The van der Waals surface area contributed by atoms with Gasteiger partial charge in [0, 0.05) is 23.5 Å². The highest BCUT2D eigenvalue weighted by Gasteiger charge is 2.12. The molecule has 1 heterocycles. The first-order chi connectivity index (χ1) is 6.52. The fourth-order valence-corrected chi connectivity index (χ4v) is 1.24. The topological polar surface area (TPSA) is 59.1 Å². The SMILES string of the molecule is CC(C)c1ccc(C(O)C(C)N)cn1. The number of aliphatic hydroxyl groups is 1. The van der Waals surface area contributed by atoms with Crippen molar-refractivity contribution in [1.82, 2.24) is 4.98 Å². The molecule has 3 nitrogen and oxygen atoms in total. The van der Waals surface area contributed by atoms with Gasteiger partial charge in [-0.1, -0.05) is 19.9 Å². The predicted octanol–water partition coefficient (Wildman–Crippen LogP) is 1.59. The maximum atomic E-state index is 9.66. The lowest BCUT2D eigenvalue weighted by molar-refractivity contribution is 0.153. The van der Waals surface area contributed by atoms with E-state index in [1.807, 2.05) is 12.1 Å². The van der Waals surface area contributed by atoms with Gasteiger partial charge in [-0.05, 0) is 18.9 Å². The molecule has 3 N–H and O–H groups in total. The smallest absolute Gasteiger partial charge is 0.0952 e. The van der Waals surface area contributed by atoms with Gasteiger partial charge in [-0.3, -0.25) is 4.98 Å². The maximum Gasteiger partial charge on any atom is 0.0952 e. The molecule has 1 rings (SSSR count). The van der Waals surface area contributed by atoms with Crippen LogP contribution in [0.2, 0.25) is 0 Å². The minimum Gasteiger partial charge on any atom is -0.387 e. The van der Waals surface area contributed by atoms with Crippen LogP contribution in [0, 0.1) is 0 Å². The molecular formula is C11H18N2O. The minimum absolute atomic E-state index is 0.262. The van der Waals surface area contributed by atoms with E-state index in [1.165, 1.54) is 0 Å². The van der Waals surface area contributed by atoms with Crippen LogP contribution in [0.25, 0.3) is 0 Å². The predicted molar refractivity (Wildman–Crippen MR) is 56.9 cm³/mol. The van der Waals surface area contributed by atoms with Gasteiger partial charge in [0.2, 0.25) is 0 Å². The van der Waals surface area contributed by atoms with Crippen molar-refractivity contribution in [3.05, 3.63) is 29.6 Å². The molecule has 0 amide bonds. The highest BCUT2D eigenvalue weighted by atomic mass is 16.3. The van der Waals surface area contributed by atoms with Crippen LogP contribution >= 0.6 is 0 Å². The van der Waals surface area contributed by atoms with Gasteiger partial charge in [-0.2, -0.15) is 0 Å². The molecular weight excluding hydrogens is 176 g/mol. The van der Waals surface area contributed by atoms with Crippen LogP contribution in [0.1, 0.15) is 44.1 Å². The summed E-state index contributed by atoms with van der Waals surface area (Å²) in [6.45, 7) is 5.95. The first-order valence-electron chi connectivity index (χ1n) is 4.92. The largest absolute Gasteiger partial charge is 0.387 e. The first-order valence-corrected chi connectivity index (χ1v) is 4.92. The molecule has 0 spiro atoms.